The molecule has 1 atom stereocenters. The van der Waals surface area contributed by atoms with Crippen molar-refractivity contribution in [3.05, 3.63) is 76.8 Å². The fourth-order valence-corrected chi connectivity index (χ4v) is 5.56. The number of nitrogens with one attached hydrogen (secondary N) is 1. The molecule has 206 valence electrons. The van der Waals surface area contributed by atoms with Crippen LogP contribution in [-0.2, 0) is 6.54 Å². The van der Waals surface area contributed by atoms with Crippen LogP contribution in [0.25, 0.3) is 22.0 Å². The third-order valence-electron chi connectivity index (χ3n) is 7.31. The quantitative estimate of drug-likeness (QED) is 0.188. The highest BCUT2D eigenvalue weighted by molar-refractivity contribution is 7.13. The van der Waals surface area contributed by atoms with Gasteiger partial charge in [-0.2, -0.15) is 0 Å². The van der Waals surface area contributed by atoms with Crippen molar-refractivity contribution in [3.8, 4) is 33.5 Å². The molecule has 0 aliphatic rings. The second-order valence-corrected chi connectivity index (χ2v) is 10.7. The van der Waals surface area contributed by atoms with E-state index in [9.17, 15) is 4.79 Å². The van der Waals surface area contributed by atoms with Crippen LogP contribution in [0.2, 0.25) is 0 Å². The number of rotatable bonds is 13. The molecule has 0 radical (unpaired) electrons. The van der Waals surface area contributed by atoms with Gasteiger partial charge in [-0.1, -0.05) is 45.2 Å². The van der Waals surface area contributed by atoms with Crippen molar-refractivity contribution >= 4 is 17.2 Å². The van der Waals surface area contributed by atoms with Crippen LogP contribution in [0.3, 0.4) is 0 Å². The number of nitrogens with zero attached hydrogens (tertiary/aromatic N) is 2. The summed E-state index contributed by atoms with van der Waals surface area (Å²) in [5, 5.41) is 6.21. The van der Waals surface area contributed by atoms with E-state index >= 15 is 0 Å². The molecule has 2 aromatic heterocycles. The maximum atomic E-state index is 13.4. The number of hydrogen-bond donors (Lipinski definition) is 1. The molecule has 7 heteroatoms. The molecular weight excluding hydrogens is 506 g/mol. The van der Waals surface area contributed by atoms with E-state index < -0.39 is 0 Å². The molecule has 2 aromatic carbocycles. The van der Waals surface area contributed by atoms with Crippen LogP contribution in [0, 0.1) is 12.8 Å². The van der Waals surface area contributed by atoms with Gasteiger partial charge in [0.15, 0.2) is 0 Å². The van der Waals surface area contributed by atoms with E-state index in [0.717, 1.165) is 57.6 Å². The minimum absolute atomic E-state index is 0.0252. The Morgan fingerprint density at radius 3 is 2.31 bits per heavy atom. The molecular formula is C32H39N3O3S. The summed E-state index contributed by atoms with van der Waals surface area (Å²) < 4.78 is 12.8. The van der Waals surface area contributed by atoms with Gasteiger partial charge >= 0.3 is 0 Å². The lowest BCUT2D eigenvalue weighted by Crippen LogP contribution is -2.29. The monoisotopic (exact) mass is 545 g/mol. The first kappa shape index (κ1) is 28.4. The second kappa shape index (κ2) is 13.5. The van der Waals surface area contributed by atoms with E-state index in [-0.39, 0.29) is 5.91 Å². The zero-order valence-electron chi connectivity index (χ0n) is 23.6. The van der Waals surface area contributed by atoms with Gasteiger partial charge in [-0.3, -0.25) is 4.79 Å². The SMILES string of the molecule is CCCCC(CC)CNC(=O)c1cc(-c2csc(-c3ccc(OC)cc3)n2)n(Cc2ccc(OC)cc2)c1C. The number of ether oxygens (including phenoxy) is 2. The minimum Gasteiger partial charge on any atom is -0.497 e. The molecule has 2 heterocycles. The number of amides is 1. The number of methoxy groups -OCH3 is 2. The minimum atomic E-state index is -0.0252. The number of hydrogen-bond acceptors (Lipinski definition) is 5. The predicted molar refractivity (Wildman–Crippen MR) is 160 cm³/mol. The molecule has 0 aliphatic carbocycles. The summed E-state index contributed by atoms with van der Waals surface area (Å²) in [4.78, 5) is 18.4. The van der Waals surface area contributed by atoms with Gasteiger partial charge in [0.25, 0.3) is 5.91 Å². The van der Waals surface area contributed by atoms with E-state index in [1.165, 1.54) is 12.8 Å². The van der Waals surface area contributed by atoms with Gasteiger partial charge in [0.2, 0.25) is 0 Å². The number of unbranched alkanes of at least 4 members (excludes halogenated alkanes) is 1. The van der Waals surface area contributed by atoms with E-state index in [4.69, 9.17) is 14.5 Å². The summed E-state index contributed by atoms with van der Waals surface area (Å²) in [5.74, 6) is 2.11. The highest BCUT2D eigenvalue weighted by atomic mass is 32.1. The van der Waals surface area contributed by atoms with Gasteiger partial charge in [0.05, 0.1) is 31.2 Å². The van der Waals surface area contributed by atoms with Crippen LogP contribution in [0.4, 0.5) is 0 Å². The molecule has 0 bridgehead atoms. The first-order chi connectivity index (χ1) is 19.0. The standard InChI is InChI=1S/C32H39N3O3S/c1-6-8-9-23(7-2)19-33-31(36)28-18-30(35(22(28)3)20-24-10-14-26(37-4)15-11-24)29-21-39-32(34-29)25-12-16-27(38-5)17-13-25/h10-18,21,23H,6-9,19-20H2,1-5H3,(H,33,36). The molecule has 0 saturated carbocycles. The van der Waals surface area contributed by atoms with E-state index in [1.807, 2.05) is 49.4 Å². The maximum absolute atomic E-state index is 13.4. The number of carbonyl (C=O) groups is 1. The first-order valence-corrected chi connectivity index (χ1v) is 14.6. The summed E-state index contributed by atoms with van der Waals surface area (Å²) in [7, 11) is 3.33. The highest BCUT2D eigenvalue weighted by Crippen LogP contribution is 2.33. The fourth-order valence-electron chi connectivity index (χ4n) is 4.74. The van der Waals surface area contributed by atoms with Crippen LogP contribution in [0.5, 0.6) is 11.5 Å². The zero-order chi connectivity index (χ0) is 27.8. The molecule has 1 unspecified atom stereocenters. The topological polar surface area (TPSA) is 65.4 Å². The Hall–Kier alpha value is -3.58. The molecule has 4 rings (SSSR count). The van der Waals surface area contributed by atoms with Gasteiger partial charge in [-0.15, -0.1) is 11.3 Å². The van der Waals surface area contributed by atoms with Crippen molar-refractivity contribution < 1.29 is 14.3 Å². The van der Waals surface area contributed by atoms with E-state index in [0.29, 0.717) is 24.6 Å². The van der Waals surface area contributed by atoms with Crippen molar-refractivity contribution in [3.63, 3.8) is 0 Å². The van der Waals surface area contributed by atoms with Crippen molar-refractivity contribution in [1.29, 1.82) is 0 Å². The smallest absolute Gasteiger partial charge is 0.253 e. The normalized spacial score (nSPS) is 11.8. The van der Waals surface area contributed by atoms with Crippen LogP contribution in [0.15, 0.2) is 60.0 Å². The van der Waals surface area contributed by atoms with Crippen LogP contribution in [0.1, 0.15) is 61.1 Å². The summed E-state index contributed by atoms with van der Waals surface area (Å²) in [6, 6.07) is 18.0. The molecule has 0 aliphatic heterocycles. The maximum Gasteiger partial charge on any atom is 0.253 e. The van der Waals surface area contributed by atoms with E-state index in [1.54, 1.807) is 25.6 Å². The summed E-state index contributed by atoms with van der Waals surface area (Å²) in [5.41, 5.74) is 5.58. The lowest BCUT2D eigenvalue weighted by atomic mass is 9.99. The summed E-state index contributed by atoms with van der Waals surface area (Å²) in [6.45, 7) is 7.76. The first-order valence-electron chi connectivity index (χ1n) is 13.7. The molecule has 0 spiro atoms. The number of carbonyl (C=O) groups excluding carboxylic acids is 1. The Labute approximate surface area is 236 Å². The molecule has 39 heavy (non-hydrogen) atoms. The molecule has 0 fully saturated rings. The van der Waals surface area contributed by atoms with Gasteiger partial charge in [-0.25, -0.2) is 4.98 Å². The van der Waals surface area contributed by atoms with Crippen molar-refractivity contribution in [2.75, 3.05) is 20.8 Å². The Bertz CT molecular complexity index is 1360. The number of benzene rings is 2. The van der Waals surface area contributed by atoms with Gasteiger partial charge in [0.1, 0.15) is 16.5 Å². The highest BCUT2D eigenvalue weighted by Gasteiger charge is 2.21. The lowest BCUT2D eigenvalue weighted by Gasteiger charge is -2.15. The average molecular weight is 546 g/mol. The third kappa shape index (κ3) is 6.90. The Morgan fingerprint density at radius 2 is 1.69 bits per heavy atom. The van der Waals surface area contributed by atoms with Crippen LogP contribution < -0.4 is 14.8 Å². The average Bonchev–Trinajstić information content (AvgIpc) is 3.58. The summed E-state index contributed by atoms with van der Waals surface area (Å²) in [6.07, 6.45) is 4.57. The van der Waals surface area contributed by atoms with E-state index in [2.05, 4.69) is 41.2 Å². The van der Waals surface area contributed by atoms with Crippen molar-refractivity contribution in [2.45, 2.75) is 53.0 Å². The van der Waals surface area contributed by atoms with Crippen molar-refractivity contribution in [1.82, 2.24) is 14.9 Å². The second-order valence-electron chi connectivity index (χ2n) is 9.86. The Kier molecular flexibility index (Phi) is 9.82. The molecule has 1 N–H and O–H groups in total. The lowest BCUT2D eigenvalue weighted by molar-refractivity contribution is 0.0945. The largest absolute Gasteiger partial charge is 0.497 e. The summed E-state index contributed by atoms with van der Waals surface area (Å²) >= 11 is 1.60. The van der Waals surface area contributed by atoms with Crippen LogP contribution in [-0.4, -0.2) is 36.2 Å². The molecule has 4 aromatic rings. The number of thiazole rings is 1. The van der Waals surface area contributed by atoms with Gasteiger partial charge < -0.3 is 19.4 Å². The van der Waals surface area contributed by atoms with Crippen LogP contribution >= 0.6 is 11.3 Å². The van der Waals surface area contributed by atoms with Gasteiger partial charge in [0, 0.05) is 29.7 Å². The third-order valence-corrected chi connectivity index (χ3v) is 8.20. The zero-order valence-corrected chi connectivity index (χ0v) is 24.4. The number of aromatic nitrogens is 2. The Balaban J connectivity index is 1.65. The van der Waals surface area contributed by atoms with Gasteiger partial charge in [-0.05, 0) is 67.3 Å². The molecule has 0 saturated heterocycles. The Morgan fingerprint density at radius 1 is 1.03 bits per heavy atom. The molecule has 1 amide bonds. The molecule has 6 nitrogen and oxygen atoms in total. The fraction of sp³-hybridized carbons (Fsp3) is 0.375. The van der Waals surface area contributed by atoms with Crippen molar-refractivity contribution in [2.24, 2.45) is 5.92 Å². The predicted octanol–water partition coefficient (Wildman–Crippen LogP) is 7.60.